The van der Waals surface area contributed by atoms with Gasteiger partial charge in [0.15, 0.2) is 0 Å². The average molecular weight is 379 g/mol. The largest absolute Gasteiger partial charge is 0.478 e. The molecule has 5 heteroatoms. The van der Waals surface area contributed by atoms with Crippen LogP contribution in [0.4, 0.5) is 5.69 Å². The summed E-state index contributed by atoms with van der Waals surface area (Å²) in [6, 6.07) is 14.9. The molecule has 2 aromatic carbocycles. The smallest absolute Gasteiger partial charge is 0.335 e. The van der Waals surface area contributed by atoms with E-state index in [0.717, 1.165) is 40.9 Å². The number of carbonyl (C=O) groups is 1. The number of aromatic carboxylic acids is 1. The maximum atomic E-state index is 11.3. The molecule has 29 heavy (non-hydrogen) atoms. The minimum absolute atomic E-state index is 0.0280. The van der Waals surface area contributed by atoms with Crippen LogP contribution in [0, 0.1) is 17.2 Å². The van der Waals surface area contributed by atoms with Crippen molar-refractivity contribution >= 4 is 17.4 Å². The number of hydrogen-bond donors (Lipinski definition) is 1. The number of carboxylic acids is 1. The Hall–Kier alpha value is -3.87. The van der Waals surface area contributed by atoms with Crippen molar-refractivity contribution in [3.05, 3.63) is 94.3 Å². The van der Waals surface area contributed by atoms with Gasteiger partial charge in [-0.2, -0.15) is 10.4 Å². The van der Waals surface area contributed by atoms with Crippen molar-refractivity contribution in [2.24, 2.45) is 11.0 Å². The van der Waals surface area contributed by atoms with Crippen molar-refractivity contribution in [2.45, 2.75) is 18.9 Å². The Bertz CT molecular complexity index is 1190. The summed E-state index contributed by atoms with van der Waals surface area (Å²) in [7, 11) is 0. The fourth-order valence-corrected chi connectivity index (χ4v) is 4.40. The minimum atomic E-state index is -0.910. The monoisotopic (exact) mass is 379 g/mol. The third-order valence-corrected chi connectivity index (χ3v) is 5.77. The van der Waals surface area contributed by atoms with Crippen molar-refractivity contribution in [2.75, 3.05) is 5.01 Å². The number of fused-ring (bicyclic) bond motifs is 3. The molecule has 0 saturated heterocycles. The zero-order valence-corrected chi connectivity index (χ0v) is 15.5. The zero-order chi connectivity index (χ0) is 20.0. The van der Waals surface area contributed by atoms with Crippen molar-refractivity contribution in [3.63, 3.8) is 0 Å². The molecule has 0 amide bonds. The lowest BCUT2D eigenvalue weighted by molar-refractivity contribution is 0.0696. The van der Waals surface area contributed by atoms with Crippen LogP contribution in [0.1, 0.15) is 33.5 Å². The number of carboxylic acid groups (broad SMARTS) is 1. The van der Waals surface area contributed by atoms with Gasteiger partial charge >= 0.3 is 5.97 Å². The van der Waals surface area contributed by atoms with Gasteiger partial charge < -0.3 is 5.11 Å². The third-order valence-electron chi connectivity index (χ3n) is 5.77. The van der Waals surface area contributed by atoms with E-state index in [1.807, 2.05) is 35.4 Å². The van der Waals surface area contributed by atoms with Crippen LogP contribution in [0.5, 0.6) is 0 Å². The Balaban J connectivity index is 1.61. The number of benzene rings is 2. The molecule has 0 aromatic heterocycles. The maximum absolute atomic E-state index is 11.3. The average Bonchev–Trinajstić information content (AvgIpc) is 3.40. The molecule has 2 aromatic rings. The van der Waals surface area contributed by atoms with E-state index in [0.29, 0.717) is 11.1 Å². The van der Waals surface area contributed by atoms with Gasteiger partial charge in [0.05, 0.1) is 34.6 Å². The Morgan fingerprint density at radius 1 is 1.24 bits per heavy atom. The lowest BCUT2D eigenvalue weighted by Crippen LogP contribution is -2.36. The second-order valence-electron chi connectivity index (χ2n) is 7.38. The van der Waals surface area contributed by atoms with E-state index in [2.05, 4.69) is 17.9 Å². The van der Waals surface area contributed by atoms with Crippen LogP contribution in [0.3, 0.4) is 0 Å². The third kappa shape index (κ3) is 2.79. The normalized spacial score (nSPS) is 21.3. The van der Waals surface area contributed by atoms with Gasteiger partial charge in [-0.3, -0.25) is 5.01 Å². The number of nitrogens with zero attached hydrogens (tertiary/aromatic N) is 3. The zero-order valence-electron chi connectivity index (χ0n) is 15.5. The summed E-state index contributed by atoms with van der Waals surface area (Å²) in [6.07, 6.45) is 7.69. The molecule has 2 unspecified atom stereocenters. The van der Waals surface area contributed by atoms with Crippen LogP contribution >= 0.6 is 0 Å². The highest BCUT2D eigenvalue weighted by atomic mass is 16.4. The van der Waals surface area contributed by atoms with Gasteiger partial charge in [-0.15, -0.1) is 5.73 Å². The first-order valence-electron chi connectivity index (χ1n) is 9.53. The summed E-state index contributed by atoms with van der Waals surface area (Å²) in [5, 5.41) is 25.4. The molecule has 1 heterocycles. The number of rotatable bonds is 3. The van der Waals surface area contributed by atoms with Gasteiger partial charge in [0.25, 0.3) is 0 Å². The summed E-state index contributed by atoms with van der Waals surface area (Å²) >= 11 is 0. The Kier molecular flexibility index (Phi) is 3.94. The number of hydrogen-bond acceptors (Lipinski definition) is 4. The number of nitriles is 1. The van der Waals surface area contributed by atoms with Crippen molar-refractivity contribution in [1.82, 2.24) is 0 Å². The highest BCUT2D eigenvalue weighted by Crippen LogP contribution is 2.41. The van der Waals surface area contributed by atoms with Gasteiger partial charge in [0.2, 0.25) is 0 Å². The number of aryl methyl sites for hydroxylation is 1. The number of hydrazone groups is 1. The first-order chi connectivity index (χ1) is 14.2. The lowest BCUT2D eigenvalue weighted by atomic mass is 9.77. The van der Waals surface area contributed by atoms with Crippen LogP contribution < -0.4 is 5.01 Å². The second kappa shape index (κ2) is 6.63. The van der Waals surface area contributed by atoms with E-state index in [4.69, 9.17) is 10.4 Å². The van der Waals surface area contributed by atoms with Crippen LogP contribution in [-0.2, 0) is 6.42 Å². The lowest BCUT2D eigenvalue weighted by Gasteiger charge is -2.30. The Morgan fingerprint density at radius 2 is 2.07 bits per heavy atom. The Morgan fingerprint density at radius 3 is 2.76 bits per heavy atom. The molecule has 1 N–H and O–H groups in total. The standard InChI is InChI=1S/C24H17N3O2/c25-14-15-5-9-19(10-6-15)27-23(16-3-1-2-4-16)21-12-7-17-13-18(24(28)29)8-11-20(17)22(21)26-27/h1-3,5-6,8-11,13,21,23H,7,12H2,(H,28,29). The van der Waals surface area contributed by atoms with Crippen LogP contribution in [0.25, 0.3) is 0 Å². The SMILES string of the molecule is N#Cc1ccc(N2N=C3c4ccc(C(=O)O)cc4CCC3C2C2=C=CC=C2)cc1. The molecule has 0 radical (unpaired) electrons. The van der Waals surface area contributed by atoms with Crippen LogP contribution in [-0.4, -0.2) is 22.8 Å². The minimum Gasteiger partial charge on any atom is -0.478 e. The molecule has 140 valence electrons. The predicted octanol–water partition coefficient (Wildman–Crippen LogP) is 4.06. The second-order valence-corrected chi connectivity index (χ2v) is 7.38. The van der Waals surface area contributed by atoms with E-state index >= 15 is 0 Å². The van der Waals surface area contributed by atoms with Gasteiger partial charge in [-0.05, 0) is 67.0 Å². The molecule has 2 aliphatic carbocycles. The molecule has 0 saturated carbocycles. The summed E-state index contributed by atoms with van der Waals surface area (Å²) in [5.41, 5.74) is 9.33. The highest BCUT2D eigenvalue weighted by molar-refractivity contribution is 6.08. The van der Waals surface area contributed by atoms with Crippen molar-refractivity contribution in [1.29, 1.82) is 5.26 Å². The first kappa shape index (κ1) is 17.2. The fraction of sp³-hybridized carbons (Fsp3) is 0.167. The number of anilines is 1. The molecule has 1 aliphatic heterocycles. The van der Waals surface area contributed by atoms with E-state index in [1.54, 1.807) is 24.3 Å². The predicted molar refractivity (Wildman–Crippen MR) is 110 cm³/mol. The van der Waals surface area contributed by atoms with Gasteiger partial charge in [0.1, 0.15) is 0 Å². The fourth-order valence-electron chi connectivity index (χ4n) is 4.40. The maximum Gasteiger partial charge on any atom is 0.335 e. The molecule has 5 nitrogen and oxygen atoms in total. The molecule has 5 rings (SSSR count). The summed E-state index contributed by atoms with van der Waals surface area (Å²) in [5.74, 6) is -0.709. The van der Waals surface area contributed by atoms with E-state index in [9.17, 15) is 9.90 Å². The molecule has 3 aliphatic rings. The number of allylic oxidation sites excluding steroid dienone is 1. The first-order valence-corrected chi connectivity index (χ1v) is 9.53. The van der Waals surface area contributed by atoms with Gasteiger partial charge in [0, 0.05) is 17.1 Å². The van der Waals surface area contributed by atoms with Crippen LogP contribution in [0.2, 0.25) is 0 Å². The molecular formula is C24H17N3O2. The quantitative estimate of drug-likeness (QED) is 0.816. The molecule has 0 fully saturated rings. The highest BCUT2D eigenvalue weighted by Gasteiger charge is 2.42. The molecule has 2 atom stereocenters. The molecule has 0 spiro atoms. The van der Waals surface area contributed by atoms with Gasteiger partial charge in [-0.1, -0.05) is 12.1 Å². The van der Waals surface area contributed by atoms with Crippen LogP contribution in [0.15, 0.2) is 77.1 Å². The van der Waals surface area contributed by atoms with Crippen molar-refractivity contribution in [3.8, 4) is 6.07 Å². The summed E-state index contributed by atoms with van der Waals surface area (Å²) in [4.78, 5) is 11.3. The molecule has 0 bridgehead atoms. The van der Waals surface area contributed by atoms with Crippen molar-refractivity contribution < 1.29 is 9.90 Å². The summed E-state index contributed by atoms with van der Waals surface area (Å²) in [6.45, 7) is 0. The topological polar surface area (TPSA) is 76.7 Å². The Labute approximate surface area is 168 Å². The van der Waals surface area contributed by atoms with Gasteiger partial charge in [-0.25, -0.2) is 4.79 Å². The summed E-state index contributed by atoms with van der Waals surface area (Å²) < 4.78 is 0. The van der Waals surface area contributed by atoms with E-state index in [-0.39, 0.29) is 12.0 Å². The van der Waals surface area contributed by atoms with E-state index < -0.39 is 5.97 Å². The molecular weight excluding hydrogens is 362 g/mol. The van der Waals surface area contributed by atoms with E-state index in [1.165, 1.54) is 0 Å².